The minimum atomic E-state index is -0.0628. The van der Waals surface area contributed by atoms with Crippen molar-refractivity contribution in [2.75, 3.05) is 26.8 Å². The Balaban J connectivity index is 1.65. The lowest BCUT2D eigenvalue weighted by Gasteiger charge is -2.20. The third-order valence-electron chi connectivity index (χ3n) is 4.62. The number of rotatable bonds is 7. The van der Waals surface area contributed by atoms with E-state index in [2.05, 4.69) is 37.1 Å². The van der Waals surface area contributed by atoms with Crippen LogP contribution >= 0.6 is 0 Å². The summed E-state index contributed by atoms with van der Waals surface area (Å²) in [5.41, 5.74) is 1.19. The molecule has 1 amide bonds. The van der Waals surface area contributed by atoms with Crippen molar-refractivity contribution in [3.8, 4) is 11.5 Å². The SMILES string of the molecule is CCOc1cc(CN2CCc3nnc(CNC(C)=O)n3CC2)ccc1OC. The maximum atomic E-state index is 11.2. The highest BCUT2D eigenvalue weighted by molar-refractivity contribution is 5.72. The maximum absolute atomic E-state index is 11.2. The molecule has 146 valence electrons. The summed E-state index contributed by atoms with van der Waals surface area (Å²) in [7, 11) is 1.65. The van der Waals surface area contributed by atoms with E-state index >= 15 is 0 Å². The van der Waals surface area contributed by atoms with Crippen molar-refractivity contribution in [1.29, 1.82) is 0 Å². The number of aromatic nitrogens is 3. The fraction of sp³-hybridized carbons (Fsp3) is 0.526. The molecule has 0 unspecified atom stereocenters. The van der Waals surface area contributed by atoms with Crippen molar-refractivity contribution in [3.63, 3.8) is 0 Å². The Morgan fingerprint density at radius 3 is 2.81 bits per heavy atom. The first-order chi connectivity index (χ1) is 13.1. The lowest BCUT2D eigenvalue weighted by molar-refractivity contribution is -0.119. The number of hydrogen-bond donors (Lipinski definition) is 1. The molecule has 2 aromatic rings. The molecular weight excluding hydrogens is 346 g/mol. The molecule has 0 radical (unpaired) electrons. The van der Waals surface area contributed by atoms with E-state index in [0.29, 0.717) is 13.2 Å². The standard InChI is InChI=1S/C19H27N5O3/c1-4-27-17-11-15(5-6-16(17)26-3)13-23-8-7-18-21-22-19(12-20-14(2)25)24(18)10-9-23/h5-6,11H,4,7-10,12-13H2,1-3H3,(H,20,25). The summed E-state index contributed by atoms with van der Waals surface area (Å²) in [5, 5.41) is 11.3. The molecule has 0 saturated heterocycles. The van der Waals surface area contributed by atoms with E-state index in [0.717, 1.165) is 55.7 Å². The minimum absolute atomic E-state index is 0.0628. The van der Waals surface area contributed by atoms with E-state index in [1.165, 1.54) is 12.5 Å². The summed E-state index contributed by atoms with van der Waals surface area (Å²) < 4.78 is 13.2. The van der Waals surface area contributed by atoms with Crippen LogP contribution in [-0.2, 0) is 30.8 Å². The Bertz CT molecular complexity index is 790. The van der Waals surface area contributed by atoms with Crippen LogP contribution in [0.1, 0.15) is 31.1 Å². The molecule has 1 aromatic heterocycles. The van der Waals surface area contributed by atoms with Gasteiger partial charge in [-0.1, -0.05) is 6.07 Å². The molecule has 0 atom stereocenters. The highest BCUT2D eigenvalue weighted by atomic mass is 16.5. The second-order valence-electron chi connectivity index (χ2n) is 6.54. The summed E-state index contributed by atoms with van der Waals surface area (Å²) in [6.07, 6.45) is 0.835. The largest absolute Gasteiger partial charge is 0.493 e. The van der Waals surface area contributed by atoms with Gasteiger partial charge < -0.3 is 19.4 Å². The van der Waals surface area contributed by atoms with Crippen LogP contribution in [-0.4, -0.2) is 52.4 Å². The Kier molecular flexibility index (Phi) is 6.28. The van der Waals surface area contributed by atoms with Gasteiger partial charge in [0.05, 0.1) is 20.3 Å². The predicted molar refractivity (Wildman–Crippen MR) is 101 cm³/mol. The van der Waals surface area contributed by atoms with Gasteiger partial charge in [-0.05, 0) is 24.6 Å². The van der Waals surface area contributed by atoms with E-state index < -0.39 is 0 Å². The Morgan fingerprint density at radius 2 is 2.07 bits per heavy atom. The third-order valence-corrected chi connectivity index (χ3v) is 4.62. The van der Waals surface area contributed by atoms with Gasteiger partial charge in [0.2, 0.25) is 5.91 Å². The number of amides is 1. The molecule has 27 heavy (non-hydrogen) atoms. The van der Waals surface area contributed by atoms with E-state index in [9.17, 15) is 4.79 Å². The van der Waals surface area contributed by atoms with Gasteiger partial charge in [-0.2, -0.15) is 0 Å². The highest BCUT2D eigenvalue weighted by Gasteiger charge is 2.19. The summed E-state index contributed by atoms with van der Waals surface area (Å²) in [5.74, 6) is 3.26. The van der Waals surface area contributed by atoms with E-state index in [-0.39, 0.29) is 5.91 Å². The third kappa shape index (κ3) is 4.77. The minimum Gasteiger partial charge on any atom is -0.493 e. The quantitative estimate of drug-likeness (QED) is 0.790. The first-order valence-corrected chi connectivity index (χ1v) is 9.28. The van der Waals surface area contributed by atoms with Crippen molar-refractivity contribution in [2.24, 2.45) is 0 Å². The van der Waals surface area contributed by atoms with Crippen LogP contribution in [0.3, 0.4) is 0 Å². The zero-order chi connectivity index (χ0) is 19.2. The summed E-state index contributed by atoms with van der Waals surface area (Å²) in [6.45, 7) is 7.95. The zero-order valence-corrected chi connectivity index (χ0v) is 16.2. The number of nitrogens with one attached hydrogen (secondary N) is 1. The number of ether oxygens (including phenoxy) is 2. The number of benzene rings is 1. The number of hydrogen-bond acceptors (Lipinski definition) is 6. The smallest absolute Gasteiger partial charge is 0.217 e. The number of fused-ring (bicyclic) bond motifs is 1. The normalized spacial score (nSPS) is 14.3. The Labute approximate surface area is 159 Å². The van der Waals surface area contributed by atoms with Crippen molar-refractivity contribution in [1.82, 2.24) is 25.0 Å². The molecule has 0 spiro atoms. The van der Waals surface area contributed by atoms with Gasteiger partial charge in [0.15, 0.2) is 17.3 Å². The first-order valence-electron chi connectivity index (χ1n) is 9.28. The molecule has 8 nitrogen and oxygen atoms in total. The second kappa shape index (κ2) is 8.85. The molecule has 0 fully saturated rings. The van der Waals surface area contributed by atoms with Crippen LogP contribution < -0.4 is 14.8 Å². The van der Waals surface area contributed by atoms with Crippen LogP contribution in [0.5, 0.6) is 11.5 Å². The zero-order valence-electron chi connectivity index (χ0n) is 16.2. The average Bonchev–Trinajstić information content (AvgIpc) is 2.93. The first kappa shape index (κ1) is 19.2. The maximum Gasteiger partial charge on any atom is 0.217 e. The van der Waals surface area contributed by atoms with Gasteiger partial charge in [0.25, 0.3) is 0 Å². The molecule has 1 aliphatic rings. The number of carbonyl (C=O) groups is 1. The fourth-order valence-electron chi connectivity index (χ4n) is 3.27. The molecule has 1 N–H and O–H groups in total. The van der Waals surface area contributed by atoms with Gasteiger partial charge >= 0.3 is 0 Å². The van der Waals surface area contributed by atoms with Gasteiger partial charge in [-0.15, -0.1) is 10.2 Å². The summed E-state index contributed by atoms with van der Waals surface area (Å²) in [4.78, 5) is 13.6. The molecule has 2 heterocycles. The highest BCUT2D eigenvalue weighted by Crippen LogP contribution is 2.28. The number of carbonyl (C=O) groups excluding carboxylic acids is 1. The monoisotopic (exact) mass is 373 g/mol. The van der Waals surface area contributed by atoms with Gasteiger partial charge in [0, 0.05) is 39.5 Å². The number of nitrogens with zero attached hydrogens (tertiary/aromatic N) is 4. The number of methoxy groups -OCH3 is 1. The van der Waals surface area contributed by atoms with Crippen LogP contribution in [0.4, 0.5) is 0 Å². The topological polar surface area (TPSA) is 81.5 Å². The molecular formula is C19H27N5O3. The van der Waals surface area contributed by atoms with Crippen molar-refractivity contribution in [3.05, 3.63) is 35.4 Å². The molecule has 3 rings (SSSR count). The molecule has 0 saturated carbocycles. The lowest BCUT2D eigenvalue weighted by Crippen LogP contribution is -2.27. The summed E-state index contributed by atoms with van der Waals surface area (Å²) in [6, 6.07) is 6.09. The van der Waals surface area contributed by atoms with Crippen molar-refractivity contribution >= 4 is 5.91 Å². The van der Waals surface area contributed by atoms with E-state index in [1.54, 1.807) is 7.11 Å². The summed E-state index contributed by atoms with van der Waals surface area (Å²) >= 11 is 0. The fourth-order valence-corrected chi connectivity index (χ4v) is 3.27. The molecule has 0 bridgehead atoms. The van der Waals surface area contributed by atoms with Gasteiger partial charge in [0.1, 0.15) is 5.82 Å². The van der Waals surface area contributed by atoms with Crippen LogP contribution in [0.15, 0.2) is 18.2 Å². The van der Waals surface area contributed by atoms with Crippen molar-refractivity contribution < 1.29 is 14.3 Å². The van der Waals surface area contributed by atoms with E-state index in [1.807, 2.05) is 13.0 Å². The van der Waals surface area contributed by atoms with Gasteiger partial charge in [-0.25, -0.2) is 0 Å². The van der Waals surface area contributed by atoms with Crippen molar-refractivity contribution in [2.45, 2.75) is 39.9 Å². The lowest BCUT2D eigenvalue weighted by atomic mass is 10.2. The molecule has 1 aromatic carbocycles. The molecule has 8 heteroatoms. The van der Waals surface area contributed by atoms with Crippen LogP contribution in [0.25, 0.3) is 0 Å². The van der Waals surface area contributed by atoms with Crippen LogP contribution in [0, 0.1) is 0 Å². The Morgan fingerprint density at radius 1 is 1.22 bits per heavy atom. The molecule has 0 aliphatic carbocycles. The van der Waals surface area contributed by atoms with E-state index in [4.69, 9.17) is 9.47 Å². The molecule has 1 aliphatic heterocycles. The van der Waals surface area contributed by atoms with Gasteiger partial charge in [-0.3, -0.25) is 9.69 Å². The second-order valence-corrected chi connectivity index (χ2v) is 6.54. The predicted octanol–water partition coefficient (Wildman–Crippen LogP) is 1.38. The Hall–Kier alpha value is -2.61. The van der Waals surface area contributed by atoms with Crippen LogP contribution in [0.2, 0.25) is 0 Å². The average molecular weight is 373 g/mol.